The standard InChI is InChI=1S/C20H22F2N10O8P2S2/c21-9-7-1-35-41(33,43)39-13-8(38-19(10(13)22)31-5-29-11-15(23)25-3-27-17(11)31)2-36-42(34,44)40-14(9)20(37-7)32-6-30-12-16(24)26-4-28-18(12)32/h3-10,13-14,19-20H,1-2H2,(H,33,43)(H,34,44)(H2,23,25,27)(H2,24,26,28)/t7-,8?,9+,10-,13-,14-,19-,20-,41-,42-/m1/s1. The summed E-state index contributed by atoms with van der Waals surface area (Å²) < 4.78 is 94.5. The molecule has 18 nitrogen and oxygen atoms in total. The summed E-state index contributed by atoms with van der Waals surface area (Å²) in [6.07, 6.45) is -8.18. The van der Waals surface area contributed by atoms with E-state index < -0.39 is 76.0 Å². The summed E-state index contributed by atoms with van der Waals surface area (Å²) in [5.74, 6) is 0.0984. The van der Waals surface area contributed by atoms with Crippen LogP contribution in [0.3, 0.4) is 0 Å². The minimum Gasteiger partial charge on any atom is -0.382 e. The first-order valence-electron chi connectivity index (χ1n) is 12.7. The van der Waals surface area contributed by atoms with E-state index in [0.29, 0.717) is 0 Å². The number of ether oxygens (including phenoxy) is 2. The van der Waals surface area contributed by atoms with Gasteiger partial charge in [-0.1, -0.05) is 24.5 Å². The molecule has 7 heterocycles. The third kappa shape index (κ3) is 5.25. The van der Waals surface area contributed by atoms with Gasteiger partial charge in [-0.05, 0) is 0 Å². The SMILES string of the molecule is Nc1ncnc2c1ncn2[C@@H]1OC2CO[P@@](=O)(S)O[C@@H]3[C@@H](F)[C@@H](CO[P@@](=O)(S)O[C@H]2[C@H]1F)O[C@H]3n1cnc2c(N)ncnc21. The number of halogens is 2. The normalized spacial score (nSPS) is 38.3. The molecule has 3 fully saturated rings. The Kier molecular flexibility index (Phi) is 7.59. The lowest BCUT2D eigenvalue weighted by Crippen LogP contribution is -2.33. The summed E-state index contributed by atoms with van der Waals surface area (Å²) in [6, 6.07) is 0. The van der Waals surface area contributed by atoms with Crippen molar-refractivity contribution in [2.45, 2.75) is 49.2 Å². The zero-order valence-electron chi connectivity index (χ0n) is 21.9. The van der Waals surface area contributed by atoms with Crippen LogP contribution >= 0.6 is 38.1 Å². The smallest absolute Gasteiger partial charge is 0.382 e. The first-order chi connectivity index (χ1) is 20.9. The highest BCUT2D eigenvalue weighted by atomic mass is 32.7. The number of hydrogen-bond acceptors (Lipinski definition) is 16. The lowest BCUT2D eigenvalue weighted by atomic mass is 10.1. The van der Waals surface area contributed by atoms with E-state index in [9.17, 15) is 9.13 Å². The molecule has 1 unspecified atom stereocenters. The fourth-order valence-corrected chi connectivity index (χ4v) is 8.09. The first-order valence-corrected chi connectivity index (χ1v) is 18.1. The second kappa shape index (κ2) is 11.1. The number of fused-ring (bicyclic) bond motifs is 5. The van der Waals surface area contributed by atoms with Crippen LogP contribution in [0.4, 0.5) is 20.4 Å². The summed E-state index contributed by atoms with van der Waals surface area (Å²) in [5.41, 5.74) is 12.4. The van der Waals surface area contributed by atoms with E-state index in [2.05, 4.69) is 54.4 Å². The van der Waals surface area contributed by atoms with E-state index in [1.165, 1.54) is 28.1 Å². The molecule has 3 aliphatic rings. The van der Waals surface area contributed by atoms with Crippen molar-refractivity contribution in [2.75, 3.05) is 24.7 Å². The number of hydrogen-bond donors (Lipinski definition) is 4. The van der Waals surface area contributed by atoms with Gasteiger partial charge in [0.1, 0.15) is 48.1 Å². The van der Waals surface area contributed by atoms with Gasteiger partial charge in [0.15, 0.2) is 47.7 Å². The molecule has 4 aromatic heterocycles. The van der Waals surface area contributed by atoms with Gasteiger partial charge in [0.2, 0.25) is 0 Å². The lowest BCUT2D eigenvalue weighted by molar-refractivity contribution is -0.0563. The van der Waals surface area contributed by atoms with E-state index in [-0.39, 0.29) is 34.0 Å². The molecule has 0 aliphatic carbocycles. The fourth-order valence-electron chi connectivity index (χ4n) is 5.16. The van der Waals surface area contributed by atoms with E-state index in [0.717, 1.165) is 6.33 Å². The third-order valence-electron chi connectivity index (χ3n) is 7.17. The topological polar surface area (TPSA) is 229 Å². The van der Waals surface area contributed by atoms with Crippen LogP contribution in [-0.2, 0) is 36.7 Å². The maximum absolute atomic E-state index is 16.0. The van der Waals surface area contributed by atoms with E-state index >= 15 is 8.78 Å². The van der Waals surface area contributed by atoms with Crippen LogP contribution < -0.4 is 11.5 Å². The van der Waals surface area contributed by atoms with Crippen molar-refractivity contribution in [3.05, 3.63) is 25.3 Å². The molecule has 4 aromatic rings. The molecule has 0 radical (unpaired) electrons. The summed E-state index contributed by atoms with van der Waals surface area (Å²) in [7, 11) is 0. The number of nitrogens with zero attached hydrogens (tertiary/aromatic N) is 8. The summed E-state index contributed by atoms with van der Waals surface area (Å²) in [6.45, 7) is -10.2. The molecule has 0 saturated carbocycles. The molecular weight excluding hydrogens is 672 g/mol. The minimum absolute atomic E-state index is 0.0478. The van der Waals surface area contributed by atoms with E-state index in [4.69, 9.17) is 39.0 Å². The largest absolute Gasteiger partial charge is 0.386 e. The Hall–Kier alpha value is -2.52. The van der Waals surface area contributed by atoms with Crippen LogP contribution in [0.2, 0.25) is 0 Å². The molecule has 3 aliphatic heterocycles. The Morgan fingerprint density at radius 1 is 0.727 bits per heavy atom. The molecule has 0 amide bonds. The second-order valence-corrected chi connectivity index (χ2v) is 15.6. The number of aromatic nitrogens is 8. The number of imidazole rings is 2. The highest BCUT2D eigenvalue weighted by Gasteiger charge is 2.54. The molecule has 0 spiro atoms. The van der Waals surface area contributed by atoms with Crippen LogP contribution in [0.15, 0.2) is 25.3 Å². The average Bonchev–Trinajstić information content (AvgIpc) is 3.73. The highest BCUT2D eigenvalue weighted by molar-refractivity contribution is 8.44. The van der Waals surface area contributed by atoms with Crippen LogP contribution in [0, 0.1) is 0 Å². The van der Waals surface area contributed by atoms with Crippen LogP contribution in [0.25, 0.3) is 22.3 Å². The van der Waals surface area contributed by atoms with Gasteiger partial charge in [0.05, 0.1) is 25.9 Å². The fraction of sp³-hybridized carbons (Fsp3) is 0.500. The maximum atomic E-state index is 16.0. The lowest BCUT2D eigenvalue weighted by Gasteiger charge is -2.26. The Morgan fingerprint density at radius 3 is 1.82 bits per heavy atom. The van der Waals surface area contributed by atoms with Crippen molar-refractivity contribution >= 4 is 72.1 Å². The van der Waals surface area contributed by atoms with E-state index in [1.807, 2.05) is 0 Å². The zero-order chi connectivity index (χ0) is 31.0. The Bertz CT molecular complexity index is 1840. The van der Waals surface area contributed by atoms with Crippen molar-refractivity contribution in [1.82, 2.24) is 39.0 Å². The maximum Gasteiger partial charge on any atom is 0.386 e. The second-order valence-electron chi connectivity index (χ2n) is 9.85. The third-order valence-corrected chi connectivity index (χ3v) is 10.4. The Labute approximate surface area is 255 Å². The van der Waals surface area contributed by atoms with Crippen LogP contribution in [0.1, 0.15) is 12.5 Å². The van der Waals surface area contributed by atoms with Crippen molar-refractivity contribution < 1.29 is 45.5 Å². The molecule has 236 valence electrons. The van der Waals surface area contributed by atoms with Crippen molar-refractivity contribution in [2.24, 2.45) is 0 Å². The monoisotopic (exact) mass is 694 g/mol. The van der Waals surface area contributed by atoms with Gasteiger partial charge in [-0.15, -0.1) is 0 Å². The minimum atomic E-state index is -4.43. The zero-order valence-corrected chi connectivity index (χ0v) is 25.5. The number of thiol groups is 2. The van der Waals surface area contributed by atoms with Gasteiger partial charge in [-0.2, -0.15) is 0 Å². The number of alkyl halides is 2. The summed E-state index contributed by atoms with van der Waals surface area (Å²) in [4.78, 5) is 24.2. The molecule has 24 heteroatoms. The molecular formula is C20H22F2N10O8P2S2. The van der Waals surface area contributed by atoms with Gasteiger partial charge >= 0.3 is 13.6 Å². The molecule has 10 atom stereocenters. The van der Waals surface area contributed by atoms with Gasteiger partial charge in [0, 0.05) is 0 Å². The summed E-state index contributed by atoms with van der Waals surface area (Å²) >= 11 is 7.99. The Balaban J connectivity index is 1.20. The molecule has 2 bridgehead atoms. The van der Waals surface area contributed by atoms with Crippen LogP contribution in [0.5, 0.6) is 0 Å². The Morgan fingerprint density at radius 2 is 1.23 bits per heavy atom. The van der Waals surface area contributed by atoms with Gasteiger partial charge < -0.3 is 20.9 Å². The number of anilines is 2. The van der Waals surface area contributed by atoms with Crippen LogP contribution in [-0.4, -0.2) is 89.0 Å². The van der Waals surface area contributed by atoms with Gasteiger partial charge in [0.25, 0.3) is 0 Å². The predicted molar refractivity (Wildman–Crippen MR) is 152 cm³/mol. The number of nitrogens with two attached hydrogens (primary N) is 2. The quantitative estimate of drug-likeness (QED) is 0.174. The molecule has 4 N–H and O–H groups in total. The molecule has 7 rings (SSSR count). The highest BCUT2D eigenvalue weighted by Crippen LogP contribution is 2.60. The van der Waals surface area contributed by atoms with Gasteiger partial charge in [-0.3, -0.25) is 27.2 Å². The number of nitrogen functional groups attached to an aromatic ring is 2. The van der Waals surface area contributed by atoms with E-state index in [1.54, 1.807) is 0 Å². The first kappa shape index (κ1) is 30.2. The van der Waals surface area contributed by atoms with Crippen molar-refractivity contribution in [1.29, 1.82) is 0 Å². The molecule has 44 heavy (non-hydrogen) atoms. The molecule has 3 saturated heterocycles. The molecule has 0 aromatic carbocycles. The average molecular weight is 695 g/mol. The van der Waals surface area contributed by atoms with Crippen molar-refractivity contribution in [3.63, 3.8) is 0 Å². The van der Waals surface area contributed by atoms with Gasteiger partial charge in [-0.25, -0.2) is 47.8 Å². The number of rotatable bonds is 2. The summed E-state index contributed by atoms with van der Waals surface area (Å²) in [5, 5.41) is 0. The van der Waals surface area contributed by atoms with Crippen molar-refractivity contribution in [3.8, 4) is 0 Å². The predicted octanol–water partition coefficient (Wildman–Crippen LogP) is 2.19.